The molecule has 2 heterocycles. The van der Waals surface area contributed by atoms with Crippen molar-refractivity contribution in [1.29, 1.82) is 0 Å². The first-order chi connectivity index (χ1) is 7.74. The summed E-state index contributed by atoms with van der Waals surface area (Å²) in [6, 6.07) is 4.17. The highest BCUT2D eigenvalue weighted by Crippen LogP contribution is 2.19. The summed E-state index contributed by atoms with van der Waals surface area (Å²) in [5, 5.41) is 9.84. The molecule has 2 aromatic heterocycles. The van der Waals surface area contributed by atoms with Crippen LogP contribution in [0.2, 0.25) is 0 Å². The van der Waals surface area contributed by atoms with Crippen molar-refractivity contribution in [2.45, 2.75) is 20.0 Å². The van der Waals surface area contributed by atoms with Gasteiger partial charge in [-0.1, -0.05) is 0 Å². The first kappa shape index (κ1) is 11.8. The van der Waals surface area contributed by atoms with Crippen LogP contribution in [0.25, 0.3) is 0 Å². The second kappa shape index (κ2) is 5.61. The molecule has 0 spiro atoms. The fourth-order valence-electron chi connectivity index (χ4n) is 1.44. The Bertz CT molecular complexity index is 407. The lowest BCUT2D eigenvalue weighted by Gasteiger charge is -2.03. The second-order valence-corrected chi connectivity index (χ2v) is 5.54. The lowest BCUT2D eigenvalue weighted by atomic mass is 10.4. The Morgan fingerprint density at radius 3 is 3.06 bits per heavy atom. The third kappa shape index (κ3) is 3.43. The van der Waals surface area contributed by atoms with Crippen LogP contribution in [-0.2, 0) is 13.1 Å². The van der Waals surface area contributed by atoms with E-state index >= 15 is 0 Å². The molecule has 0 aromatic carbocycles. The van der Waals surface area contributed by atoms with Gasteiger partial charge in [0.1, 0.15) is 0 Å². The fraction of sp³-hybridized carbons (Fsp3) is 0.364. The average molecular weight is 300 g/mol. The van der Waals surface area contributed by atoms with Crippen molar-refractivity contribution < 1.29 is 0 Å². The standard InChI is InChI=1S/C11H14BrN3S/c1-9-2-4-15(14-9)5-3-13-7-11-6-10(12)8-16-11/h2,4,6,8,13H,3,5,7H2,1H3. The van der Waals surface area contributed by atoms with Gasteiger partial charge in [0.25, 0.3) is 0 Å². The molecule has 3 nitrogen and oxygen atoms in total. The first-order valence-corrected chi connectivity index (χ1v) is 6.85. The highest BCUT2D eigenvalue weighted by Gasteiger charge is 1.97. The van der Waals surface area contributed by atoms with Gasteiger partial charge in [-0.15, -0.1) is 11.3 Å². The number of hydrogen-bond donors (Lipinski definition) is 1. The molecule has 1 N–H and O–H groups in total. The highest BCUT2D eigenvalue weighted by atomic mass is 79.9. The number of rotatable bonds is 5. The molecule has 0 aliphatic rings. The normalized spacial score (nSPS) is 10.9. The molecule has 5 heteroatoms. The fourth-order valence-corrected chi connectivity index (χ4v) is 2.86. The van der Waals surface area contributed by atoms with E-state index in [-0.39, 0.29) is 0 Å². The van der Waals surface area contributed by atoms with E-state index in [1.165, 1.54) is 4.88 Å². The third-order valence-electron chi connectivity index (χ3n) is 2.21. The minimum Gasteiger partial charge on any atom is -0.310 e. The van der Waals surface area contributed by atoms with Gasteiger partial charge in [0, 0.05) is 34.0 Å². The number of hydrogen-bond acceptors (Lipinski definition) is 3. The Hall–Kier alpha value is -0.650. The minimum absolute atomic E-state index is 0.917. The molecule has 0 amide bonds. The zero-order valence-corrected chi connectivity index (χ0v) is 11.5. The van der Waals surface area contributed by atoms with E-state index < -0.39 is 0 Å². The molecule has 2 rings (SSSR count). The lowest BCUT2D eigenvalue weighted by molar-refractivity contribution is 0.554. The van der Waals surface area contributed by atoms with Gasteiger partial charge < -0.3 is 5.32 Å². The van der Waals surface area contributed by atoms with Gasteiger partial charge in [0.05, 0.1) is 12.2 Å². The van der Waals surface area contributed by atoms with Crippen LogP contribution in [-0.4, -0.2) is 16.3 Å². The summed E-state index contributed by atoms with van der Waals surface area (Å²) in [6.45, 7) is 4.79. The SMILES string of the molecule is Cc1ccn(CCNCc2cc(Br)cs2)n1. The first-order valence-electron chi connectivity index (χ1n) is 5.18. The van der Waals surface area contributed by atoms with Gasteiger partial charge in [-0.3, -0.25) is 4.68 Å². The van der Waals surface area contributed by atoms with Gasteiger partial charge >= 0.3 is 0 Å². The average Bonchev–Trinajstić information content (AvgIpc) is 2.83. The molecular weight excluding hydrogens is 286 g/mol. The van der Waals surface area contributed by atoms with Crippen LogP contribution in [0.3, 0.4) is 0 Å². The van der Waals surface area contributed by atoms with Crippen molar-refractivity contribution in [3.8, 4) is 0 Å². The molecule has 0 bridgehead atoms. The van der Waals surface area contributed by atoms with Crippen molar-refractivity contribution in [2.24, 2.45) is 0 Å². The predicted molar refractivity (Wildman–Crippen MR) is 70.7 cm³/mol. The molecule has 0 aliphatic heterocycles. The second-order valence-electron chi connectivity index (χ2n) is 3.63. The number of thiophene rings is 1. The summed E-state index contributed by atoms with van der Waals surface area (Å²) in [5.41, 5.74) is 1.07. The quantitative estimate of drug-likeness (QED) is 0.861. The van der Waals surface area contributed by atoms with Gasteiger partial charge in [-0.2, -0.15) is 5.10 Å². The zero-order chi connectivity index (χ0) is 11.4. The number of nitrogens with zero attached hydrogens (tertiary/aromatic N) is 2. The molecule has 0 fully saturated rings. The maximum absolute atomic E-state index is 4.33. The molecule has 0 radical (unpaired) electrons. The van der Waals surface area contributed by atoms with Gasteiger partial charge in [0.15, 0.2) is 0 Å². The highest BCUT2D eigenvalue weighted by molar-refractivity contribution is 9.10. The maximum Gasteiger partial charge on any atom is 0.0593 e. The molecule has 0 aliphatic carbocycles. The van der Waals surface area contributed by atoms with E-state index in [0.717, 1.165) is 29.8 Å². The predicted octanol–water partition coefficient (Wildman–Crippen LogP) is 2.81. The molecule has 2 aromatic rings. The van der Waals surface area contributed by atoms with Gasteiger partial charge in [0.2, 0.25) is 0 Å². The molecule has 86 valence electrons. The summed E-state index contributed by atoms with van der Waals surface area (Å²) in [4.78, 5) is 1.35. The Morgan fingerprint density at radius 2 is 2.44 bits per heavy atom. The van der Waals surface area contributed by atoms with E-state index in [2.05, 4.69) is 37.8 Å². The van der Waals surface area contributed by atoms with Crippen molar-refractivity contribution in [2.75, 3.05) is 6.54 Å². The monoisotopic (exact) mass is 299 g/mol. The molecule has 16 heavy (non-hydrogen) atoms. The topological polar surface area (TPSA) is 29.9 Å². The Kier molecular flexibility index (Phi) is 4.15. The van der Waals surface area contributed by atoms with Crippen molar-refractivity contribution in [1.82, 2.24) is 15.1 Å². The molecule has 0 atom stereocenters. The Labute approximate surface area is 108 Å². The molecule has 0 unspecified atom stereocenters. The van der Waals surface area contributed by atoms with E-state index in [1.54, 1.807) is 11.3 Å². The smallest absolute Gasteiger partial charge is 0.0593 e. The summed E-state index contributed by atoms with van der Waals surface area (Å²) in [5.74, 6) is 0. The van der Waals surface area contributed by atoms with Crippen LogP contribution in [0, 0.1) is 6.92 Å². The van der Waals surface area contributed by atoms with Crippen LogP contribution in [0.15, 0.2) is 28.2 Å². The largest absolute Gasteiger partial charge is 0.310 e. The number of aromatic nitrogens is 2. The maximum atomic E-state index is 4.33. The van der Waals surface area contributed by atoms with Crippen LogP contribution < -0.4 is 5.32 Å². The van der Waals surface area contributed by atoms with E-state index in [0.29, 0.717) is 0 Å². The lowest BCUT2D eigenvalue weighted by Crippen LogP contribution is -2.19. The Morgan fingerprint density at radius 1 is 1.56 bits per heavy atom. The zero-order valence-electron chi connectivity index (χ0n) is 9.11. The summed E-state index contributed by atoms with van der Waals surface area (Å²) in [6.07, 6.45) is 2.01. The number of halogens is 1. The van der Waals surface area contributed by atoms with Crippen LogP contribution in [0.4, 0.5) is 0 Å². The van der Waals surface area contributed by atoms with Crippen LogP contribution in [0.5, 0.6) is 0 Å². The minimum atomic E-state index is 0.917. The molecule has 0 saturated heterocycles. The molecule has 0 saturated carbocycles. The van der Waals surface area contributed by atoms with Crippen molar-refractivity contribution in [3.63, 3.8) is 0 Å². The van der Waals surface area contributed by atoms with Gasteiger partial charge in [-0.25, -0.2) is 0 Å². The van der Waals surface area contributed by atoms with E-state index in [1.807, 2.05) is 23.9 Å². The van der Waals surface area contributed by atoms with Crippen LogP contribution >= 0.6 is 27.3 Å². The molecular formula is C11H14BrN3S. The van der Waals surface area contributed by atoms with Crippen LogP contribution in [0.1, 0.15) is 10.6 Å². The van der Waals surface area contributed by atoms with Crippen molar-refractivity contribution in [3.05, 3.63) is 38.8 Å². The number of nitrogens with one attached hydrogen (secondary N) is 1. The van der Waals surface area contributed by atoms with E-state index in [9.17, 15) is 0 Å². The Balaban J connectivity index is 1.69. The van der Waals surface area contributed by atoms with Gasteiger partial charge in [-0.05, 0) is 35.0 Å². The number of aryl methyl sites for hydroxylation is 1. The van der Waals surface area contributed by atoms with E-state index in [4.69, 9.17) is 0 Å². The van der Waals surface area contributed by atoms with Crippen molar-refractivity contribution >= 4 is 27.3 Å². The summed E-state index contributed by atoms with van der Waals surface area (Å²) >= 11 is 5.22. The third-order valence-corrected chi connectivity index (χ3v) is 3.91. The summed E-state index contributed by atoms with van der Waals surface area (Å²) < 4.78 is 3.13. The summed E-state index contributed by atoms with van der Waals surface area (Å²) in [7, 11) is 0.